The molecule has 1 N–H and O–H groups in total. The van der Waals surface area contributed by atoms with Gasteiger partial charge in [0.1, 0.15) is 0 Å². The van der Waals surface area contributed by atoms with Gasteiger partial charge >= 0.3 is 6.18 Å². The Bertz CT molecular complexity index is 533. The lowest BCUT2D eigenvalue weighted by atomic mass is 10.1. The van der Waals surface area contributed by atoms with Gasteiger partial charge in [0.2, 0.25) is 0 Å². The highest BCUT2D eigenvalue weighted by molar-refractivity contribution is 5.54. The first-order chi connectivity index (χ1) is 8.39. The first-order valence-electron chi connectivity index (χ1n) is 5.08. The maximum atomic E-state index is 12.3. The van der Waals surface area contributed by atoms with E-state index in [0.717, 1.165) is 6.20 Å². The van der Waals surface area contributed by atoms with Gasteiger partial charge in [-0.05, 0) is 12.1 Å². The van der Waals surface area contributed by atoms with Crippen LogP contribution in [0.5, 0.6) is 0 Å². The van der Waals surface area contributed by atoms with Crippen molar-refractivity contribution < 1.29 is 18.3 Å². The highest BCUT2D eigenvalue weighted by Crippen LogP contribution is 2.32. The van der Waals surface area contributed by atoms with Crippen LogP contribution in [-0.2, 0) is 7.05 Å². The molecule has 0 saturated heterocycles. The molecule has 2 heterocycles. The molecule has 0 aliphatic rings. The van der Waals surface area contributed by atoms with Gasteiger partial charge in [0.05, 0.1) is 11.4 Å². The molecule has 4 nitrogen and oxygen atoms in total. The van der Waals surface area contributed by atoms with E-state index in [0.29, 0.717) is 11.4 Å². The fourth-order valence-corrected chi connectivity index (χ4v) is 1.53. The molecule has 1 unspecified atom stereocenters. The second kappa shape index (κ2) is 4.41. The lowest BCUT2D eigenvalue weighted by Gasteiger charge is -2.14. The first kappa shape index (κ1) is 12.6. The van der Waals surface area contributed by atoms with Crippen molar-refractivity contribution in [1.29, 1.82) is 0 Å². The largest absolute Gasteiger partial charge is 0.418 e. The van der Waals surface area contributed by atoms with Gasteiger partial charge in [-0.3, -0.25) is 9.67 Å². The van der Waals surface area contributed by atoms with Crippen molar-refractivity contribution in [2.24, 2.45) is 7.05 Å². The fraction of sp³-hybridized carbons (Fsp3) is 0.273. The number of aliphatic hydroxyl groups is 1. The average Bonchev–Trinajstić information content (AvgIpc) is 2.73. The molecule has 0 amide bonds. The number of alkyl halides is 3. The van der Waals surface area contributed by atoms with Gasteiger partial charge in [-0.25, -0.2) is 0 Å². The third-order valence-corrected chi connectivity index (χ3v) is 2.50. The van der Waals surface area contributed by atoms with Crippen LogP contribution in [0.4, 0.5) is 13.2 Å². The third kappa shape index (κ3) is 2.35. The predicted molar refractivity (Wildman–Crippen MR) is 57.5 cm³/mol. The van der Waals surface area contributed by atoms with Crippen molar-refractivity contribution >= 4 is 0 Å². The number of rotatable bonds is 2. The number of nitrogens with zero attached hydrogens (tertiary/aromatic N) is 3. The number of halogens is 3. The lowest BCUT2D eigenvalue weighted by molar-refractivity contribution is -0.206. The van der Waals surface area contributed by atoms with E-state index in [1.807, 2.05) is 0 Å². The van der Waals surface area contributed by atoms with Crippen molar-refractivity contribution in [2.75, 3.05) is 0 Å². The van der Waals surface area contributed by atoms with Gasteiger partial charge in [0.15, 0.2) is 6.10 Å². The molecule has 0 fully saturated rings. The summed E-state index contributed by atoms with van der Waals surface area (Å²) in [5.74, 6) is 0. The van der Waals surface area contributed by atoms with Gasteiger partial charge in [-0.1, -0.05) is 6.07 Å². The summed E-state index contributed by atoms with van der Waals surface area (Å²) in [4.78, 5) is 3.90. The molecule has 2 aromatic rings. The molecule has 0 radical (unpaired) electrons. The van der Waals surface area contributed by atoms with Crippen molar-refractivity contribution in [1.82, 2.24) is 14.8 Å². The molecule has 2 aromatic heterocycles. The van der Waals surface area contributed by atoms with Crippen LogP contribution in [0.15, 0.2) is 30.6 Å². The predicted octanol–water partition coefficient (Wildman–Crippen LogP) is 2.08. The maximum Gasteiger partial charge on any atom is 0.418 e. The van der Waals surface area contributed by atoms with Crippen molar-refractivity contribution in [2.45, 2.75) is 12.3 Å². The third-order valence-electron chi connectivity index (χ3n) is 2.50. The highest BCUT2D eigenvalue weighted by atomic mass is 19.4. The zero-order chi connectivity index (χ0) is 13.3. The number of hydrogen-bond donors (Lipinski definition) is 1. The molecule has 0 bridgehead atoms. The van der Waals surface area contributed by atoms with Crippen LogP contribution in [0.1, 0.15) is 11.7 Å². The Morgan fingerprint density at radius 2 is 2.00 bits per heavy atom. The van der Waals surface area contributed by atoms with E-state index in [2.05, 4.69) is 10.1 Å². The summed E-state index contributed by atoms with van der Waals surface area (Å²) in [6.45, 7) is 0. The first-order valence-corrected chi connectivity index (χ1v) is 5.08. The maximum absolute atomic E-state index is 12.3. The Morgan fingerprint density at radius 1 is 1.28 bits per heavy atom. The van der Waals surface area contributed by atoms with Gasteiger partial charge in [0.25, 0.3) is 0 Å². The smallest absolute Gasteiger partial charge is 0.379 e. The van der Waals surface area contributed by atoms with E-state index in [4.69, 9.17) is 5.11 Å². The summed E-state index contributed by atoms with van der Waals surface area (Å²) in [6.07, 6.45) is -4.61. The molecule has 0 saturated carbocycles. The van der Waals surface area contributed by atoms with Gasteiger partial charge in [-0.15, -0.1) is 0 Å². The molecule has 18 heavy (non-hydrogen) atoms. The highest BCUT2D eigenvalue weighted by Gasteiger charge is 2.39. The summed E-state index contributed by atoms with van der Waals surface area (Å²) in [5.41, 5.74) is 0.893. The zero-order valence-corrected chi connectivity index (χ0v) is 9.39. The summed E-state index contributed by atoms with van der Waals surface area (Å²) < 4.78 is 38.4. The molecule has 0 spiro atoms. The SMILES string of the molecule is Cn1nccc1-c1ccc(C(O)C(F)(F)F)cn1. The minimum atomic E-state index is -4.68. The molecule has 1 atom stereocenters. The van der Waals surface area contributed by atoms with Crippen LogP contribution in [0.2, 0.25) is 0 Å². The number of aliphatic hydroxyl groups excluding tert-OH is 1. The Balaban J connectivity index is 2.29. The summed E-state index contributed by atoms with van der Waals surface area (Å²) in [5, 5.41) is 13.0. The normalized spacial score (nSPS) is 13.6. The molecule has 0 aromatic carbocycles. The number of hydrogen-bond acceptors (Lipinski definition) is 3. The van der Waals surface area contributed by atoms with Gasteiger partial charge in [-0.2, -0.15) is 18.3 Å². The minimum Gasteiger partial charge on any atom is -0.379 e. The molecule has 0 aliphatic heterocycles. The van der Waals surface area contributed by atoms with Crippen LogP contribution in [0, 0.1) is 0 Å². The Kier molecular flexibility index (Phi) is 3.08. The average molecular weight is 257 g/mol. The molecular formula is C11H10F3N3O. The van der Waals surface area contributed by atoms with Crippen LogP contribution < -0.4 is 0 Å². The quantitative estimate of drug-likeness (QED) is 0.896. The summed E-state index contributed by atoms with van der Waals surface area (Å²) in [7, 11) is 1.70. The summed E-state index contributed by atoms with van der Waals surface area (Å²) >= 11 is 0. The van der Waals surface area contributed by atoms with Gasteiger partial charge < -0.3 is 5.11 Å². The Morgan fingerprint density at radius 3 is 2.44 bits per heavy atom. The molecule has 2 rings (SSSR count). The van der Waals surface area contributed by atoms with E-state index >= 15 is 0 Å². The molecule has 0 aliphatic carbocycles. The number of aryl methyl sites for hydroxylation is 1. The second-order valence-electron chi connectivity index (χ2n) is 3.76. The van der Waals surface area contributed by atoms with Crippen LogP contribution in [0.3, 0.4) is 0 Å². The van der Waals surface area contributed by atoms with E-state index in [1.54, 1.807) is 24.0 Å². The van der Waals surface area contributed by atoms with Crippen LogP contribution in [0.25, 0.3) is 11.4 Å². The Labute approximate surface area is 101 Å². The lowest BCUT2D eigenvalue weighted by Crippen LogP contribution is -2.20. The topological polar surface area (TPSA) is 50.9 Å². The standard InChI is InChI=1S/C11H10F3N3O/c1-17-9(4-5-16-17)8-3-2-7(6-15-8)10(18)11(12,13)14/h2-6,10,18H,1H3. The van der Waals surface area contributed by atoms with E-state index < -0.39 is 12.3 Å². The van der Waals surface area contributed by atoms with E-state index in [9.17, 15) is 13.2 Å². The minimum absolute atomic E-state index is 0.284. The molecular weight excluding hydrogens is 247 g/mol. The fourth-order valence-electron chi connectivity index (χ4n) is 1.53. The van der Waals surface area contributed by atoms with Crippen molar-refractivity contribution in [3.63, 3.8) is 0 Å². The Hall–Kier alpha value is -1.89. The molecule has 96 valence electrons. The monoisotopic (exact) mass is 257 g/mol. The van der Waals surface area contributed by atoms with Crippen LogP contribution in [-0.4, -0.2) is 26.0 Å². The van der Waals surface area contributed by atoms with Gasteiger partial charge in [0, 0.05) is 25.0 Å². The van der Waals surface area contributed by atoms with Crippen molar-refractivity contribution in [3.8, 4) is 11.4 Å². The zero-order valence-electron chi connectivity index (χ0n) is 9.39. The summed E-state index contributed by atoms with van der Waals surface area (Å²) in [6, 6.07) is 4.32. The number of aromatic nitrogens is 3. The molecule has 7 heteroatoms. The van der Waals surface area contributed by atoms with E-state index in [1.165, 1.54) is 12.1 Å². The van der Waals surface area contributed by atoms with E-state index in [-0.39, 0.29) is 5.56 Å². The van der Waals surface area contributed by atoms with Crippen molar-refractivity contribution in [3.05, 3.63) is 36.2 Å². The second-order valence-corrected chi connectivity index (χ2v) is 3.76. The number of pyridine rings is 1. The van der Waals surface area contributed by atoms with Crippen LogP contribution >= 0.6 is 0 Å².